The summed E-state index contributed by atoms with van der Waals surface area (Å²) in [5.74, 6) is 1.25. The molecule has 1 saturated heterocycles. The normalized spacial score (nSPS) is 14.8. The molecule has 0 bridgehead atoms. The summed E-state index contributed by atoms with van der Waals surface area (Å²) in [5, 5.41) is 0. The molecule has 6 nitrogen and oxygen atoms in total. The highest BCUT2D eigenvalue weighted by Crippen LogP contribution is 2.19. The summed E-state index contributed by atoms with van der Waals surface area (Å²) in [6.45, 7) is 3.39. The third-order valence-corrected chi connectivity index (χ3v) is 4.89. The van der Waals surface area contributed by atoms with Gasteiger partial charge in [0, 0.05) is 25.9 Å². The topological polar surface area (TPSA) is 64.5 Å². The van der Waals surface area contributed by atoms with Gasteiger partial charge in [-0.2, -0.15) is 0 Å². The van der Waals surface area contributed by atoms with Crippen molar-refractivity contribution in [2.24, 2.45) is 0 Å². The van der Waals surface area contributed by atoms with Crippen LogP contribution in [-0.4, -0.2) is 46.6 Å². The Balaban J connectivity index is 1.26. The van der Waals surface area contributed by atoms with Gasteiger partial charge in [-0.3, -0.25) is 4.79 Å². The largest absolute Gasteiger partial charge is 0.484 e. The van der Waals surface area contributed by atoms with Crippen molar-refractivity contribution in [2.45, 2.75) is 25.9 Å². The quantitative estimate of drug-likeness (QED) is 0.682. The van der Waals surface area contributed by atoms with E-state index >= 15 is 0 Å². The van der Waals surface area contributed by atoms with Crippen LogP contribution in [0.25, 0.3) is 11.0 Å². The molecule has 4 rings (SSSR count). The third kappa shape index (κ3) is 4.39. The second kappa shape index (κ2) is 8.25. The number of rotatable bonds is 5. The molecule has 1 aromatic heterocycles. The van der Waals surface area contributed by atoms with E-state index in [4.69, 9.17) is 9.47 Å². The fourth-order valence-electron chi connectivity index (χ4n) is 3.26. The van der Waals surface area contributed by atoms with Gasteiger partial charge in [-0.05, 0) is 31.2 Å². The number of amides is 1. The number of aryl methyl sites for hydroxylation is 1. The number of carbonyl (C=O) groups excluding carboxylic acids is 1. The van der Waals surface area contributed by atoms with E-state index < -0.39 is 0 Å². The van der Waals surface area contributed by atoms with Crippen LogP contribution in [0, 0.1) is 6.92 Å². The van der Waals surface area contributed by atoms with Gasteiger partial charge in [-0.1, -0.05) is 29.8 Å². The van der Waals surface area contributed by atoms with Crippen molar-refractivity contribution in [1.82, 2.24) is 14.9 Å². The van der Waals surface area contributed by atoms with Gasteiger partial charge in [-0.25, -0.2) is 9.97 Å². The monoisotopic (exact) mass is 377 g/mol. The number of aromatic nitrogens is 2. The number of hydrogen-bond acceptors (Lipinski definition) is 5. The Morgan fingerprint density at radius 3 is 2.54 bits per heavy atom. The van der Waals surface area contributed by atoms with E-state index in [1.54, 1.807) is 6.20 Å². The molecule has 2 aromatic carbocycles. The molecular weight excluding hydrogens is 354 g/mol. The lowest BCUT2D eigenvalue weighted by Gasteiger charge is -2.31. The highest BCUT2D eigenvalue weighted by Gasteiger charge is 2.24. The van der Waals surface area contributed by atoms with Gasteiger partial charge in [0.05, 0.1) is 17.2 Å². The number of piperidine rings is 1. The average molecular weight is 377 g/mol. The van der Waals surface area contributed by atoms with Crippen LogP contribution in [0.4, 0.5) is 0 Å². The van der Waals surface area contributed by atoms with E-state index in [0.717, 1.165) is 29.4 Å². The molecule has 144 valence electrons. The Kier molecular flexibility index (Phi) is 5.37. The van der Waals surface area contributed by atoms with E-state index in [9.17, 15) is 4.79 Å². The van der Waals surface area contributed by atoms with Crippen LogP contribution >= 0.6 is 0 Å². The number of hydrogen-bond donors (Lipinski definition) is 0. The molecule has 1 aliphatic heterocycles. The minimum Gasteiger partial charge on any atom is -0.484 e. The number of fused-ring (bicyclic) bond motifs is 1. The maximum absolute atomic E-state index is 12.4. The highest BCUT2D eigenvalue weighted by atomic mass is 16.5. The van der Waals surface area contributed by atoms with Crippen molar-refractivity contribution in [2.75, 3.05) is 19.7 Å². The lowest BCUT2D eigenvalue weighted by molar-refractivity contribution is -0.135. The fraction of sp³-hybridized carbons (Fsp3) is 0.318. The van der Waals surface area contributed by atoms with Crippen LogP contribution in [-0.2, 0) is 4.79 Å². The van der Waals surface area contributed by atoms with Crippen molar-refractivity contribution in [3.05, 3.63) is 60.3 Å². The first-order valence-electron chi connectivity index (χ1n) is 9.53. The first kappa shape index (κ1) is 18.2. The van der Waals surface area contributed by atoms with E-state index in [2.05, 4.69) is 9.97 Å². The van der Waals surface area contributed by atoms with Gasteiger partial charge in [0.15, 0.2) is 6.61 Å². The number of nitrogens with zero attached hydrogens (tertiary/aromatic N) is 3. The maximum atomic E-state index is 12.4. The van der Waals surface area contributed by atoms with Crippen molar-refractivity contribution < 1.29 is 14.3 Å². The lowest BCUT2D eigenvalue weighted by atomic mass is 10.1. The summed E-state index contributed by atoms with van der Waals surface area (Å²) in [5.41, 5.74) is 2.83. The van der Waals surface area contributed by atoms with Crippen LogP contribution in [0.5, 0.6) is 11.6 Å². The Morgan fingerprint density at radius 1 is 1.07 bits per heavy atom. The Labute approximate surface area is 164 Å². The molecule has 0 aliphatic carbocycles. The predicted molar refractivity (Wildman–Crippen MR) is 106 cm³/mol. The Bertz CT molecular complexity index is 951. The molecule has 28 heavy (non-hydrogen) atoms. The van der Waals surface area contributed by atoms with E-state index in [-0.39, 0.29) is 18.6 Å². The number of ether oxygens (including phenoxy) is 2. The van der Waals surface area contributed by atoms with Crippen LogP contribution in [0.2, 0.25) is 0 Å². The van der Waals surface area contributed by atoms with Gasteiger partial charge < -0.3 is 14.4 Å². The highest BCUT2D eigenvalue weighted by molar-refractivity contribution is 5.78. The second-order valence-corrected chi connectivity index (χ2v) is 7.00. The number of benzene rings is 2. The van der Waals surface area contributed by atoms with Crippen LogP contribution in [0.1, 0.15) is 18.4 Å². The maximum Gasteiger partial charge on any atom is 0.260 e. The first-order chi connectivity index (χ1) is 13.7. The zero-order chi connectivity index (χ0) is 19.3. The zero-order valence-electron chi connectivity index (χ0n) is 15.9. The molecule has 3 aromatic rings. The molecule has 0 unspecified atom stereocenters. The first-order valence-corrected chi connectivity index (χ1v) is 9.53. The summed E-state index contributed by atoms with van der Waals surface area (Å²) < 4.78 is 11.6. The van der Waals surface area contributed by atoms with E-state index in [1.807, 2.05) is 60.4 Å². The number of likely N-dealkylation sites (tertiary alicyclic amines) is 1. The molecule has 1 fully saturated rings. The SMILES string of the molecule is Cc1ccc(OCC(=O)N2CCC(Oc3cnc4ccccc4n3)CC2)cc1. The standard InChI is InChI=1S/C22H23N3O3/c1-16-6-8-17(9-7-16)27-15-22(26)25-12-10-18(11-13-25)28-21-14-23-19-4-2-3-5-20(19)24-21/h2-9,14,18H,10-13,15H2,1H3. The van der Waals surface area contributed by atoms with Crippen molar-refractivity contribution in [3.8, 4) is 11.6 Å². The minimum atomic E-state index is 0.00419. The fourth-order valence-corrected chi connectivity index (χ4v) is 3.26. The molecule has 1 aliphatic rings. The average Bonchev–Trinajstić information content (AvgIpc) is 2.73. The lowest BCUT2D eigenvalue weighted by Crippen LogP contribution is -2.43. The molecule has 0 N–H and O–H groups in total. The Hall–Kier alpha value is -3.15. The van der Waals surface area contributed by atoms with Gasteiger partial charge in [0.25, 0.3) is 5.91 Å². The predicted octanol–water partition coefficient (Wildman–Crippen LogP) is 3.39. The molecule has 2 heterocycles. The summed E-state index contributed by atoms with van der Waals surface area (Å²) in [7, 11) is 0. The van der Waals surface area contributed by atoms with E-state index in [1.165, 1.54) is 0 Å². The van der Waals surface area contributed by atoms with Gasteiger partial charge in [-0.15, -0.1) is 0 Å². The number of carbonyl (C=O) groups is 1. The second-order valence-electron chi connectivity index (χ2n) is 7.00. The summed E-state index contributed by atoms with van der Waals surface area (Å²) in [4.78, 5) is 23.1. The molecule has 0 atom stereocenters. The number of para-hydroxylation sites is 2. The van der Waals surface area contributed by atoms with Crippen LogP contribution < -0.4 is 9.47 Å². The van der Waals surface area contributed by atoms with Crippen LogP contribution in [0.3, 0.4) is 0 Å². The summed E-state index contributed by atoms with van der Waals surface area (Å²) >= 11 is 0. The third-order valence-electron chi connectivity index (χ3n) is 4.89. The van der Waals surface area contributed by atoms with Crippen LogP contribution in [0.15, 0.2) is 54.7 Å². The molecular formula is C22H23N3O3. The van der Waals surface area contributed by atoms with E-state index in [0.29, 0.717) is 24.7 Å². The zero-order valence-corrected chi connectivity index (χ0v) is 15.9. The Morgan fingerprint density at radius 2 is 1.79 bits per heavy atom. The minimum absolute atomic E-state index is 0.00419. The molecule has 6 heteroatoms. The van der Waals surface area contributed by atoms with Gasteiger partial charge in [0.1, 0.15) is 11.9 Å². The smallest absolute Gasteiger partial charge is 0.260 e. The summed E-state index contributed by atoms with van der Waals surface area (Å²) in [6, 6.07) is 15.4. The molecule has 0 saturated carbocycles. The molecule has 1 amide bonds. The van der Waals surface area contributed by atoms with Crippen molar-refractivity contribution >= 4 is 16.9 Å². The summed E-state index contributed by atoms with van der Waals surface area (Å²) in [6.07, 6.45) is 3.24. The molecule has 0 radical (unpaired) electrons. The van der Waals surface area contributed by atoms with Crippen molar-refractivity contribution in [1.29, 1.82) is 0 Å². The molecule has 0 spiro atoms. The van der Waals surface area contributed by atoms with Crippen molar-refractivity contribution in [3.63, 3.8) is 0 Å². The van der Waals surface area contributed by atoms with Gasteiger partial charge in [0.2, 0.25) is 5.88 Å². The van der Waals surface area contributed by atoms with Gasteiger partial charge >= 0.3 is 0 Å².